The number of hydrogen-bond acceptors (Lipinski definition) is 3. The maximum atomic E-state index is 14.8. The third-order valence-electron chi connectivity index (χ3n) is 5.37. The normalized spacial score (nSPS) is 20.7. The van der Waals surface area contributed by atoms with E-state index in [1.54, 1.807) is 32.0 Å². The van der Waals surface area contributed by atoms with E-state index >= 15 is 0 Å². The largest absolute Gasteiger partial charge is 0.331 e. The average molecular weight is 473 g/mol. The minimum atomic E-state index is -3.99. The molecule has 2 aromatic carbocycles. The molecule has 32 heavy (non-hydrogen) atoms. The van der Waals surface area contributed by atoms with Crippen LogP contribution in [0.3, 0.4) is 0 Å². The summed E-state index contributed by atoms with van der Waals surface area (Å²) in [6.07, 6.45) is 0.673. The molecule has 1 aliphatic heterocycles. The van der Waals surface area contributed by atoms with Gasteiger partial charge in [-0.3, -0.25) is 4.79 Å². The van der Waals surface area contributed by atoms with Crippen molar-refractivity contribution in [1.82, 2.24) is 9.62 Å². The summed E-state index contributed by atoms with van der Waals surface area (Å²) in [6.45, 7) is 2.23. The second-order valence-electron chi connectivity index (χ2n) is 8.32. The minimum Gasteiger partial charge on any atom is -0.331 e. The van der Waals surface area contributed by atoms with E-state index in [0.29, 0.717) is 11.1 Å². The molecule has 0 bridgehead atoms. The van der Waals surface area contributed by atoms with E-state index in [1.165, 1.54) is 18.2 Å². The number of sulfonamides is 1. The zero-order chi connectivity index (χ0) is 23.8. The Bertz CT molecular complexity index is 1120. The summed E-state index contributed by atoms with van der Waals surface area (Å²) < 4.78 is 83.0. The highest BCUT2D eigenvalue weighted by Crippen LogP contribution is 2.36. The summed E-state index contributed by atoms with van der Waals surface area (Å²) in [5.41, 5.74) is 0.804. The molecule has 5 nitrogen and oxygen atoms in total. The summed E-state index contributed by atoms with van der Waals surface area (Å²) >= 11 is 0. The molecule has 174 valence electrons. The van der Waals surface area contributed by atoms with Gasteiger partial charge in [0.1, 0.15) is 6.04 Å². The molecule has 0 unspecified atom stereocenters. The zero-order valence-electron chi connectivity index (χ0n) is 17.8. The standard InChI is InChI=1S/C22H24F4N2O3S/c1-13(2)21(29)28-12-22(25,26)20(27-32(3,30)31)18(28)11-14-6-4-7-15(10-14)16-8-5-9-17(23)19(16)24/h4-10,13,18,20,27H,11-12H2,1-3H3/t18-,20+/m0/s1. The molecule has 1 N–H and O–H groups in total. The second-order valence-corrected chi connectivity index (χ2v) is 10.1. The molecule has 1 aliphatic rings. The Morgan fingerprint density at radius 2 is 1.84 bits per heavy atom. The Kier molecular flexibility index (Phi) is 6.67. The fourth-order valence-electron chi connectivity index (χ4n) is 3.93. The van der Waals surface area contributed by atoms with Crippen LogP contribution in [0.1, 0.15) is 19.4 Å². The lowest BCUT2D eigenvalue weighted by atomic mass is 9.95. The van der Waals surface area contributed by atoms with Gasteiger partial charge in [-0.25, -0.2) is 30.7 Å². The number of nitrogens with zero attached hydrogens (tertiary/aromatic N) is 1. The quantitative estimate of drug-likeness (QED) is 0.654. The predicted molar refractivity (Wildman–Crippen MR) is 113 cm³/mol. The summed E-state index contributed by atoms with van der Waals surface area (Å²) in [6, 6.07) is 6.98. The molecule has 2 atom stereocenters. The van der Waals surface area contributed by atoms with Crippen molar-refractivity contribution in [3.05, 3.63) is 59.7 Å². The molecule has 3 rings (SSSR count). The third kappa shape index (κ3) is 5.12. The highest BCUT2D eigenvalue weighted by Gasteiger charge is 2.56. The number of hydrogen-bond donors (Lipinski definition) is 1. The first-order chi connectivity index (χ1) is 14.8. The van der Waals surface area contributed by atoms with Crippen LogP contribution in [0.2, 0.25) is 0 Å². The van der Waals surface area contributed by atoms with Gasteiger partial charge < -0.3 is 4.90 Å². The van der Waals surface area contributed by atoms with Gasteiger partial charge in [-0.2, -0.15) is 0 Å². The molecule has 0 aromatic heterocycles. The maximum absolute atomic E-state index is 14.8. The molecule has 1 saturated heterocycles. The van der Waals surface area contributed by atoms with E-state index < -0.39 is 58.0 Å². The number of alkyl halides is 2. The highest BCUT2D eigenvalue weighted by molar-refractivity contribution is 7.88. The Balaban J connectivity index is 2.01. The van der Waals surface area contributed by atoms with E-state index in [2.05, 4.69) is 0 Å². The van der Waals surface area contributed by atoms with Gasteiger partial charge in [-0.15, -0.1) is 0 Å². The van der Waals surface area contributed by atoms with Crippen LogP contribution in [0.15, 0.2) is 42.5 Å². The Morgan fingerprint density at radius 1 is 1.19 bits per heavy atom. The number of halogens is 4. The van der Waals surface area contributed by atoms with Crippen LogP contribution in [0.4, 0.5) is 17.6 Å². The van der Waals surface area contributed by atoms with Crippen molar-refractivity contribution in [2.75, 3.05) is 12.8 Å². The van der Waals surface area contributed by atoms with E-state index in [1.807, 2.05) is 4.72 Å². The highest BCUT2D eigenvalue weighted by atomic mass is 32.2. The summed E-state index contributed by atoms with van der Waals surface area (Å²) in [4.78, 5) is 13.6. The number of carbonyl (C=O) groups is 1. The molecule has 2 aromatic rings. The number of carbonyl (C=O) groups excluding carboxylic acids is 1. The van der Waals surface area contributed by atoms with Crippen molar-refractivity contribution in [2.45, 2.75) is 38.3 Å². The van der Waals surface area contributed by atoms with Gasteiger partial charge in [-0.05, 0) is 23.6 Å². The van der Waals surface area contributed by atoms with Gasteiger partial charge in [0.2, 0.25) is 15.9 Å². The lowest BCUT2D eigenvalue weighted by molar-refractivity contribution is -0.136. The van der Waals surface area contributed by atoms with Gasteiger partial charge >= 0.3 is 0 Å². The predicted octanol–water partition coefficient (Wildman–Crippen LogP) is 3.59. The summed E-state index contributed by atoms with van der Waals surface area (Å²) in [5, 5.41) is 0. The number of likely N-dealkylation sites (tertiary alicyclic amines) is 1. The smallest absolute Gasteiger partial charge is 0.283 e. The van der Waals surface area contributed by atoms with Crippen molar-refractivity contribution in [2.24, 2.45) is 5.92 Å². The van der Waals surface area contributed by atoms with Crippen LogP contribution < -0.4 is 4.72 Å². The number of nitrogens with one attached hydrogen (secondary N) is 1. The van der Waals surface area contributed by atoms with Crippen molar-refractivity contribution in [3.8, 4) is 11.1 Å². The van der Waals surface area contributed by atoms with Gasteiger partial charge in [-0.1, -0.05) is 50.2 Å². The van der Waals surface area contributed by atoms with Crippen molar-refractivity contribution in [1.29, 1.82) is 0 Å². The van der Waals surface area contributed by atoms with E-state index in [4.69, 9.17) is 0 Å². The fourth-order valence-corrected chi connectivity index (χ4v) is 4.73. The lowest BCUT2D eigenvalue weighted by Crippen LogP contribution is -2.52. The summed E-state index contributed by atoms with van der Waals surface area (Å²) in [7, 11) is -3.99. The van der Waals surface area contributed by atoms with E-state index in [0.717, 1.165) is 17.2 Å². The van der Waals surface area contributed by atoms with Gasteiger partial charge in [0.15, 0.2) is 11.6 Å². The molecule has 1 heterocycles. The van der Waals surface area contributed by atoms with Crippen LogP contribution >= 0.6 is 0 Å². The second kappa shape index (κ2) is 8.82. The van der Waals surface area contributed by atoms with Gasteiger partial charge in [0.05, 0.1) is 18.8 Å². The molecule has 0 spiro atoms. The van der Waals surface area contributed by atoms with Crippen LogP contribution in [0.25, 0.3) is 11.1 Å². The Morgan fingerprint density at radius 3 is 2.47 bits per heavy atom. The zero-order valence-corrected chi connectivity index (χ0v) is 18.6. The SMILES string of the molecule is CC(C)C(=O)N1CC(F)(F)[C@H](NS(C)(=O)=O)[C@@H]1Cc1cccc(-c2cccc(F)c2F)c1. The van der Waals surface area contributed by atoms with Crippen molar-refractivity contribution < 1.29 is 30.8 Å². The van der Waals surface area contributed by atoms with Gasteiger partial charge in [0, 0.05) is 11.5 Å². The monoisotopic (exact) mass is 472 g/mol. The molecule has 1 amide bonds. The Labute approximate surface area is 184 Å². The molecule has 10 heteroatoms. The number of amides is 1. The molecule has 1 fully saturated rings. The molecule has 0 saturated carbocycles. The number of rotatable bonds is 6. The van der Waals surface area contributed by atoms with Crippen LogP contribution in [-0.4, -0.2) is 50.0 Å². The van der Waals surface area contributed by atoms with Crippen molar-refractivity contribution >= 4 is 15.9 Å². The molecule has 0 radical (unpaired) electrons. The molecular weight excluding hydrogens is 448 g/mol. The van der Waals surface area contributed by atoms with Gasteiger partial charge in [0.25, 0.3) is 5.92 Å². The molecule has 0 aliphatic carbocycles. The van der Waals surface area contributed by atoms with Crippen molar-refractivity contribution in [3.63, 3.8) is 0 Å². The molecular formula is C22H24F4N2O3S. The lowest BCUT2D eigenvalue weighted by Gasteiger charge is -2.29. The first-order valence-electron chi connectivity index (χ1n) is 9.99. The average Bonchev–Trinajstić information content (AvgIpc) is 2.92. The first kappa shape index (κ1) is 24.2. The van der Waals surface area contributed by atoms with Crippen LogP contribution in [-0.2, 0) is 21.2 Å². The first-order valence-corrected chi connectivity index (χ1v) is 11.9. The fraction of sp³-hybridized carbons (Fsp3) is 0.409. The number of benzene rings is 2. The van der Waals surface area contributed by atoms with Crippen LogP contribution in [0.5, 0.6) is 0 Å². The third-order valence-corrected chi connectivity index (χ3v) is 6.06. The summed E-state index contributed by atoms with van der Waals surface area (Å²) in [5.74, 6) is -6.64. The Hall–Kier alpha value is -2.46. The minimum absolute atomic E-state index is 0.00419. The van der Waals surface area contributed by atoms with Crippen LogP contribution in [0, 0.1) is 17.6 Å². The topological polar surface area (TPSA) is 66.5 Å². The van der Waals surface area contributed by atoms with E-state index in [-0.39, 0.29) is 12.0 Å². The van der Waals surface area contributed by atoms with E-state index in [9.17, 15) is 30.8 Å². The maximum Gasteiger partial charge on any atom is 0.283 e.